The van der Waals surface area contributed by atoms with Gasteiger partial charge in [0.1, 0.15) is 5.82 Å². The van der Waals surface area contributed by atoms with Crippen molar-refractivity contribution in [1.29, 1.82) is 0 Å². The van der Waals surface area contributed by atoms with E-state index in [-0.39, 0.29) is 0 Å². The van der Waals surface area contributed by atoms with Gasteiger partial charge in [-0.3, -0.25) is 0 Å². The fourth-order valence-corrected chi connectivity index (χ4v) is 3.00. The molecule has 1 N–H and O–H groups in total. The molecule has 3 rings (SSSR count). The highest BCUT2D eigenvalue weighted by Crippen LogP contribution is 2.29. The lowest BCUT2D eigenvalue weighted by atomic mass is 9.87. The van der Waals surface area contributed by atoms with E-state index < -0.39 is 0 Å². The maximum atomic E-state index is 4.31. The molecule has 100 valence electrons. The van der Waals surface area contributed by atoms with Gasteiger partial charge in [0.2, 0.25) is 0 Å². The van der Waals surface area contributed by atoms with Crippen LogP contribution in [0.15, 0.2) is 30.6 Å². The summed E-state index contributed by atoms with van der Waals surface area (Å²) >= 11 is 0. The summed E-state index contributed by atoms with van der Waals surface area (Å²) in [7, 11) is 0. The standard InChI is InChI=1S/C16H21N3/c1-12-3-4-15(19-10-9-18-13(19)2)11-16(12)14-5-7-17-8-6-14/h3-4,9-11,14,17H,5-8H2,1-2H3. The first-order valence-corrected chi connectivity index (χ1v) is 7.07. The fraction of sp³-hybridized carbons (Fsp3) is 0.438. The van der Waals surface area contributed by atoms with E-state index in [0.29, 0.717) is 5.92 Å². The Labute approximate surface area is 114 Å². The van der Waals surface area contributed by atoms with Gasteiger partial charge in [-0.05, 0) is 69.0 Å². The summed E-state index contributed by atoms with van der Waals surface area (Å²) < 4.78 is 2.16. The number of hydrogen-bond acceptors (Lipinski definition) is 2. The minimum atomic E-state index is 0.699. The number of nitrogens with one attached hydrogen (secondary N) is 1. The van der Waals surface area contributed by atoms with Crippen LogP contribution in [0.4, 0.5) is 0 Å². The Hall–Kier alpha value is -1.61. The second-order valence-corrected chi connectivity index (χ2v) is 5.41. The molecule has 2 heterocycles. The minimum Gasteiger partial charge on any atom is -0.317 e. The molecule has 3 nitrogen and oxygen atoms in total. The molecule has 1 fully saturated rings. The van der Waals surface area contributed by atoms with E-state index in [1.165, 1.54) is 29.7 Å². The molecule has 0 amide bonds. The Morgan fingerprint density at radius 1 is 1.21 bits per heavy atom. The molecule has 1 aliphatic rings. The SMILES string of the molecule is Cc1ccc(-n2ccnc2C)cc1C1CCNCC1. The monoisotopic (exact) mass is 255 g/mol. The van der Waals surface area contributed by atoms with E-state index in [0.717, 1.165) is 18.9 Å². The molecule has 1 aromatic carbocycles. The molecule has 2 aromatic rings. The van der Waals surface area contributed by atoms with Crippen molar-refractivity contribution < 1.29 is 0 Å². The lowest BCUT2D eigenvalue weighted by molar-refractivity contribution is 0.459. The van der Waals surface area contributed by atoms with Crippen molar-refractivity contribution in [3.05, 3.63) is 47.5 Å². The van der Waals surface area contributed by atoms with Gasteiger partial charge >= 0.3 is 0 Å². The fourth-order valence-electron chi connectivity index (χ4n) is 3.00. The van der Waals surface area contributed by atoms with Gasteiger partial charge in [0.25, 0.3) is 0 Å². The second kappa shape index (κ2) is 5.17. The highest BCUT2D eigenvalue weighted by Gasteiger charge is 2.17. The summed E-state index contributed by atoms with van der Waals surface area (Å²) in [5.74, 6) is 1.74. The van der Waals surface area contributed by atoms with Gasteiger partial charge in [-0.1, -0.05) is 6.07 Å². The molecular formula is C16H21N3. The number of imidazole rings is 1. The van der Waals surface area contributed by atoms with Crippen molar-refractivity contribution >= 4 is 0 Å². The molecule has 0 bridgehead atoms. The first-order chi connectivity index (χ1) is 9.25. The zero-order valence-corrected chi connectivity index (χ0v) is 11.7. The summed E-state index contributed by atoms with van der Waals surface area (Å²) in [6.45, 7) is 6.54. The van der Waals surface area contributed by atoms with Gasteiger partial charge in [0, 0.05) is 18.1 Å². The Kier molecular flexibility index (Phi) is 3.38. The van der Waals surface area contributed by atoms with Gasteiger partial charge in [-0.25, -0.2) is 4.98 Å². The third-order valence-electron chi connectivity index (χ3n) is 4.15. The van der Waals surface area contributed by atoms with Crippen LogP contribution in [0, 0.1) is 13.8 Å². The summed E-state index contributed by atoms with van der Waals surface area (Å²) in [5.41, 5.74) is 4.15. The van der Waals surface area contributed by atoms with Gasteiger partial charge in [-0.2, -0.15) is 0 Å². The maximum Gasteiger partial charge on any atom is 0.110 e. The molecule has 0 atom stereocenters. The average Bonchev–Trinajstić information content (AvgIpc) is 2.87. The molecule has 0 unspecified atom stereocenters. The predicted octanol–water partition coefficient (Wildman–Crippen LogP) is 2.96. The topological polar surface area (TPSA) is 29.9 Å². The van der Waals surface area contributed by atoms with Crippen LogP contribution in [-0.2, 0) is 0 Å². The zero-order chi connectivity index (χ0) is 13.2. The zero-order valence-electron chi connectivity index (χ0n) is 11.7. The Morgan fingerprint density at radius 2 is 2.00 bits per heavy atom. The summed E-state index contributed by atoms with van der Waals surface area (Å²) in [4.78, 5) is 4.31. The highest BCUT2D eigenvalue weighted by atomic mass is 15.1. The summed E-state index contributed by atoms with van der Waals surface area (Å²) in [6, 6.07) is 6.78. The lowest BCUT2D eigenvalue weighted by Crippen LogP contribution is -2.27. The second-order valence-electron chi connectivity index (χ2n) is 5.41. The Morgan fingerprint density at radius 3 is 2.68 bits per heavy atom. The minimum absolute atomic E-state index is 0.699. The molecule has 0 spiro atoms. The van der Waals surface area contributed by atoms with Crippen LogP contribution < -0.4 is 5.32 Å². The van der Waals surface area contributed by atoms with Crippen molar-refractivity contribution in [3.8, 4) is 5.69 Å². The first-order valence-electron chi connectivity index (χ1n) is 7.07. The molecule has 3 heteroatoms. The Bertz CT molecular complexity index is 565. The number of nitrogens with zero attached hydrogens (tertiary/aromatic N) is 2. The number of aromatic nitrogens is 2. The molecule has 1 saturated heterocycles. The third kappa shape index (κ3) is 2.43. The van der Waals surface area contributed by atoms with Gasteiger partial charge in [0.15, 0.2) is 0 Å². The van der Waals surface area contributed by atoms with E-state index in [4.69, 9.17) is 0 Å². The van der Waals surface area contributed by atoms with Crippen LogP contribution in [0.5, 0.6) is 0 Å². The quantitative estimate of drug-likeness (QED) is 0.894. The predicted molar refractivity (Wildman–Crippen MR) is 77.9 cm³/mol. The van der Waals surface area contributed by atoms with Crippen molar-refractivity contribution in [1.82, 2.24) is 14.9 Å². The number of rotatable bonds is 2. The van der Waals surface area contributed by atoms with Gasteiger partial charge in [-0.15, -0.1) is 0 Å². The third-order valence-corrected chi connectivity index (χ3v) is 4.15. The van der Waals surface area contributed by atoms with Crippen molar-refractivity contribution in [3.63, 3.8) is 0 Å². The molecule has 19 heavy (non-hydrogen) atoms. The number of benzene rings is 1. The molecule has 1 aliphatic heterocycles. The molecule has 1 aromatic heterocycles. The van der Waals surface area contributed by atoms with Crippen molar-refractivity contribution in [2.24, 2.45) is 0 Å². The summed E-state index contributed by atoms with van der Waals surface area (Å²) in [6.07, 6.45) is 6.38. The van der Waals surface area contributed by atoms with Crippen LogP contribution in [0.2, 0.25) is 0 Å². The normalized spacial score (nSPS) is 16.7. The molecule has 0 saturated carbocycles. The lowest BCUT2D eigenvalue weighted by Gasteiger charge is -2.25. The first kappa shape index (κ1) is 12.4. The van der Waals surface area contributed by atoms with E-state index >= 15 is 0 Å². The van der Waals surface area contributed by atoms with Gasteiger partial charge < -0.3 is 9.88 Å². The number of piperidine rings is 1. The van der Waals surface area contributed by atoms with Crippen LogP contribution in [0.1, 0.15) is 35.7 Å². The highest BCUT2D eigenvalue weighted by molar-refractivity contribution is 5.42. The molecular weight excluding hydrogens is 234 g/mol. The molecule has 0 aliphatic carbocycles. The summed E-state index contributed by atoms with van der Waals surface area (Å²) in [5, 5.41) is 3.44. The smallest absolute Gasteiger partial charge is 0.110 e. The van der Waals surface area contributed by atoms with Gasteiger partial charge in [0.05, 0.1) is 0 Å². The van der Waals surface area contributed by atoms with Crippen LogP contribution in [0.25, 0.3) is 5.69 Å². The average molecular weight is 255 g/mol. The van der Waals surface area contributed by atoms with E-state index in [1.54, 1.807) is 0 Å². The number of hydrogen-bond donors (Lipinski definition) is 1. The molecule has 0 radical (unpaired) electrons. The van der Waals surface area contributed by atoms with Crippen LogP contribution >= 0.6 is 0 Å². The van der Waals surface area contributed by atoms with E-state index in [1.807, 2.05) is 19.3 Å². The van der Waals surface area contributed by atoms with Crippen LogP contribution in [-0.4, -0.2) is 22.6 Å². The van der Waals surface area contributed by atoms with E-state index in [2.05, 4.69) is 40.0 Å². The van der Waals surface area contributed by atoms with E-state index in [9.17, 15) is 0 Å². The van der Waals surface area contributed by atoms with Crippen molar-refractivity contribution in [2.75, 3.05) is 13.1 Å². The maximum absolute atomic E-state index is 4.31. The Balaban J connectivity index is 1.98. The van der Waals surface area contributed by atoms with Crippen LogP contribution in [0.3, 0.4) is 0 Å². The largest absolute Gasteiger partial charge is 0.317 e. The number of aryl methyl sites for hydroxylation is 2. The van der Waals surface area contributed by atoms with Crippen molar-refractivity contribution in [2.45, 2.75) is 32.6 Å².